The molecule has 8 aliphatic rings. The molecule has 0 amide bonds. The minimum Gasteiger partial charge on any atom is -0.394 e. The van der Waals surface area contributed by atoms with Crippen molar-refractivity contribution >= 4 is 5.78 Å². The van der Waals surface area contributed by atoms with Crippen molar-refractivity contribution in [3.05, 3.63) is 0 Å². The van der Waals surface area contributed by atoms with Crippen LogP contribution >= 0.6 is 0 Å². The SMILES string of the molecule is C[C@@H]1CC[C@@]2(OC1)O[C@H]1C[C@H]3[C@@H]4CC[C@H]5C[C@@H](O[C@H]6O[C@@H](CO)[C@H](O[C@@H]7O[C@H](CO)[C@H](O)[C@@H](O)[C@@H]7O)[C@@H](O)[C@@H]6O)CC[C@]5(C)[C@@H]4C(=O)[C@@H](O)[C@]3(C)[C@H]1[C@@H]2C. The maximum Gasteiger partial charge on any atom is 0.187 e. The maximum atomic E-state index is 14.6. The third-order valence-electron chi connectivity index (χ3n) is 16.0. The number of Topliss-reactive ketones (excluding diaryl/α,β-unsaturated/α-hetero) is 1. The van der Waals surface area contributed by atoms with E-state index >= 15 is 0 Å². The van der Waals surface area contributed by atoms with E-state index in [1.54, 1.807) is 0 Å². The third kappa shape index (κ3) is 5.93. The highest BCUT2D eigenvalue weighted by molar-refractivity contribution is 5.88. The lowest BCUT2D eigenvalue weighted by atomic mass is 9.43. The van der Waals surface area contributed by atoms with Crippen molar-refractivity contribution < 1.29 is 74.1 Å². The lowest BCUT2D eigenvalue weighted by Gasteiger charge is -2.61. The lowest BCUT2D eigenvalue weighted by molar-refractivity contribution is -0.364. The van der Waals surface area contributed by atoms with Crippen molar-refractivity contribution in [1.82, 2.24) is 0 Å². The first-order valence-electron chi connectivity index (χ1n) is 20.4. The molecule has 308 valence electrons. The molecule has 1 spiro atoms. The highest BCUT2D eigenvalue weighted by atomic mass is 16.7. The summed E-state index contributed by atoms with van der Waals surface area (Å²) in [5, 5.41) is 84.8. The molecule has 0 aromatic rings. The summed E-state index contributed by atoms with van der Waals surface area (Å²) in [5.41, 5.74) is -0.954. The molecule has 0 aromatic carbocycles. The second-order valence-corrected chi connectivity index (χ2v) is 18.7. The predicted molar refractivity (Wildman–Crippen MR) is 185 cm³/mol. The number of hydrogen-bond donors (Lipinski definition) is 8. The number of aliphatic hydroxyl groups is 8. The van der Waals surface area contributed by atoms with E-state index in [1.807, 2.05) is 0 Å². The van der Waals surface area contributed by atoms with Gasteiger partial charge >= 0.3 is 0 Å². The Bertz CT molecular complexity index is 1370. The molecule has 8 fully saturated rings. The molecular weight excluding hydrogens is 708 g/mol. The largest absolute Gasteiger partial charge is 0.394 e. The molecule has 8 N–H and O–H groups in total. The standard InChI is InChI=1S/C39H62O15/c1-16-7-10-39(49-15-16)17(2)25-22(54-39)12-21-20-6-5-18-11-19(8-9-37(18,3)26(20)28(43)34(48)38(21,25)4)50-35-32(47)30(45)33(24(14-41)52-35)53-36-31(46)29(44)27(42)23(13-40)51-36/h16-27,29-36,40-42,44-48H,5-15H2,1-4H3/t16-,17+,18+,19+,20+,21+,22+,23-,24+,25+,26+,27+,29-,30+,31+,32+,33+,34-,35+,36+,37+,38+,39-/m1/s1. The van der Waals surface area contributed by atoms with Gasteiger partial charge in [-0.1, -0.05) is 27.7 Å². The number of hydrogen-bond acceptors (Lipinski definition) is 15. The van der Waals surface area contributed by atoms with Crippen LogP contribution in [0.2, 0.25) is 0 Å². The van der Waals surface area contributed by atoms with Crippen LogP contribution in [0, 0.1) is 52.3 Å². The monoisotopic (exact) mass is 770 g/mol. The second kappa shape index (κ2) is 14.4. The molecule has 15 nitrogen and oxygen atoms in total. The van der Waals surface area contributed by atoms with Crippen LogP contribution in [0.3, 0.4) is 0 Å². The van der Waals surface area contributed by atoms with E-state index in [1.165, 1.54) is 0 Å². The molecule has 4 heterocycles. The highest BCUT2D eigenvalue weighted by Crippen LogP contribution is 2.70. The predicted octanol–water partition coefficient (Wildman–Crippen LogP) is -0.408. The van der Waals surface area contributed by atoms with Crippen LogP contribution in [0.1, 0.15) is 79.1 Å². The molecule has 4 saturated heterocycles. The van der Waals surface area contributed by atoms with Crippen molar-refractivity contribution in [3.8, 4) is 0 Å². The van der Waals surface area contributed by atoms with Crippen LogP contribution in [0.5, 0.6) is 0 Å². The molecular formula is C39H62O15. The van der Waals surface area contributed by atoms with Gasteiger partial charge in [0.05, 0.1) is 32.0 Å². The van der Waals surface area contributed by atoms with E-state index in [2.05, 4.69) is 27.7 Å². The van der Waals surface area contributed by atoms with Gasteiger partial charge in [0.2, 0.25) is 0 Å². The number of carbonyl (C=O) groups is 1. The summed E-state index contributed by atoms with van der Waals surface area (Å²) in [4.78, 5) is 14.6. The quantitative estimate of drug-likeness (QED) is 0.161. The van der Waals surface area contributed by atoms with Gasteiger partial charge in [-0.3, -0.25) is 4.79 Å². The second-order valence-electron chi connectivity index (χ2n) is 18.7. The van der Waals surface area contributed by atoms with Gasteiger partial charge in [0.25, 0.3) is 0 Å². The van der Waals surface area contributed by atoms with E-state index in [4.69, 9.17) is 28.4 Å². The summed E-state index contributed by atoms with van der Waals surface area (Å²) < 4.78 is 36.6. The van der Waals surface area contributed by atoms with Crippen molar-refractivity contribution in [2.75, 3.05) is 19.8 Å². The summed E-state index contributed by atoms with van der Waals surface area (Å²) in [7, 11) is 0. The molecule has 4 aliphatic heterocycles. The Labute approximate surface area is 316 Å². The lowest BCUT2D eigenvalue weighted by Crippen LogP contribution is -2.65. The van der Waals surface area contributed by atoms with E-state index in [0.717, 1.165) is 32.1 Å². The molecule has 4 saturated carbocycles. The number of aliphatic hydroxyl groups excluding tert-OH is 8. The van der Waals surface area contributed by atoms with E-state index in [0.29, 0.717) is 31.8 Å². The van der Waals surface area contributed by atoms with Crippen LogP contribution in [-0.4, -0.2) is 152 Å². The first-order valence-corrected chi connectivity index (χ1v) is 20.4. The summed E-state index contributed by atoms with van der Waals surface area (Å²) in [6, 6.07) is 0. The molecule has 54 heavy (non-hydrogen) atoms. The third-order valence-corrected chi connectivity index (χ3v) is 16.0. The average molecular weight is 771 g/mol. The molecule has 8 rings (SSSR count). The molecule has 0 unspecified atom stereocenters. The van der Waals surface area contributed by atoms with E-state index in [-0.39, 0.29) is 58.9 Å². The Kier molecular flexibility index (Phi) is 10.7. The zero-order chi connectivity index (χ0) is 38.6. The Morgan fingerprint density at radius 3 is 2.15 bits per heavy atom. The van der Waals surface area contributed by atoms with Gasteiger partial charge in [-0.05, 0) is 74.0 Å². The Hall–Kier alpha value is -0.890. The van der Waals surface area contributed by atoms with Crippen molar-refractivity contribution in [2.45, 2.75) is 165 Å². The van der Waals surface area contributed by atoms with Crippen LogP contribution < -0.4 is 0 Å². The van der Waals surface area contributed by atoms with Crippen molar-refractivity contribution in [1.29, 1.82) is 0 Å². The fraction of sp³-hybridized carbons (Fsp3) is 0.974. The zero-order valence-electron chi connectivity index (χ0n) is 31.8. The summed E-state index contributed by atoms with van der Waals surface area (Å²) >= 11 is 0. The highest BCUT2D eigenvalue weighted by Gasteiger charge is 2.73. The van der Waals surface area contributed by atoms with E-state index in [9.17, 15) is 45.6 Å². The van der Waals surface area contributed by atoms with Gasteiger partial charge in [-0.15, -0.1) is 0 Å². The molecule has 0 radical (unpaired) electrons. The minimum atomic E-state index is -1.75. The van der Waals surface area contributed by atoms with Gasteiger partial charge in [0.1, 0.15) is 54.9 Å². The van der Waals surface area contributed by atoms with Gasteiger partial charge in [-0.25, -0.2) is 0 Å². The summed E-state index contributed by atoms with van der Waals surface area (Å²) in [6.45, 7) is 8.04. The van der Waals surface area contributed by atoms with Crippen molar-refractivity contribution in [3.63, 3.8) is 0 Å². The number of ketones is 1. The Morgan fingerprint density at radius 2 is 1.46 bits per heavy atom. The Morgan fingerprint density at radius 1 is 0.778 bits per heavy atom. The fourth-order valence-electron chi connectivity index (χ4n) is 13.0. The molecule has 4 aliphatic carbocycles. The summed E-state index contributed by atoms with van der Waals surface area (Å²) in [6.07, 6.45) is -10.5. The van der Waals surface area contributed by atoms with Crippen molar-refractivity contribution in [2.24, 2.45) is 52.3 Å². The number of rotatable bonds is 6. The normalized spacial score (nSPS) is 58.7. The van der Waals surface area contributed by atoms with Gasteiger partial charge in [0, 0.05) is 29.6 Å². The van der Waals surface area contributed by atoms with Crippen LogP contribution in [0.4, 0.5) is 0 Å². The van der Waals surface area contributed by atoms with Gasteiger partial charge < -0.3 is 69.3 Å². The van der Waals surface area contributed by atoms with Crippen LogP contribution in [0.25, 0.3) is 0 Å². The molecule has 0 bridgehead atoms. The minimum absolute atomic E-state index is 0.0349. The molecule has 15 heteroatoms. The molecule has 0 aromatic heterocycles. The summed E-state index contributed by atoms with van der Waals surface area (Å²) in [5.74, 6) is -0.0000467. The zero-order valence-corrected chi connectivity index (χ0v) is 31.8. The average Bonchev–Trinajstić information content (AvgIpc) is 3.60. The smallest absolute Gasteiger partial charge is 0.187 e. The first-order chi connectivity index (χ1) is 25.6. The van der Waals surface area contributed by atoms with E-state index < -0.39 is 91.9 Å². The number of fused-ring (bicyclic) bond motifs is 7. The molecule has 23 atom stereocenters. The van der Waals surface area contributed by atoms with Crippen LogP contribution in [0.15, 0.2) is 0 Å². The number of carbonyl (C=O) groups excluding carboxylic acids is 1. The fourth-order valence-corrected chi connectivity index (χ4v) is 13.0. The van der Waals surface area contributed by atoms with Crippen LogP contribution in [-0.2, 0) is 33.2 Å². The maximum absolute atomic E-state index is 14.6. The Balaban J connectivity index is 0.926. The topological polar surface area (TPSA) is 234 Å². The first kappa shape index (κ1) is 39.9. The number of ether oxygens (including phenoxy) is 6. The van der Waals surface area contributed by atoms with Gasteiger partial charge in [-0.2, -0.15) is 0 Å². The van der Waals surface area contributed by atoms with Gasteiger partial charge in [0.15, 0.2) is 24.2 Å².